The molecule has 1 aliphatic rings. The van der Waals surface area contributed by atoms with Crippen molar-refractivity contribution in [2.75, 3.05) is 0 Å². The van der Waals surface area contributed by atoms with E-state index in [-0.39, 0.29) is 0 Å². The molecule has 0 N–H and O–H groups in total. The Labute approximate surface area is 76.8 Å². The fourth-order valence-electron chi connectivity index (χ4n) is 1.14. The lowest BCUT2D eigenvalue weighted by Gasteiger charge is -2.07. The summed E-state index contributed by atoms with van der Waals surface area (Å²) < 4.78 is 0. The maximum atomic E-state index is 3.55. The molecule has 0 spiro atoms. The summed E-state index contributed by atoms with van der Waals surface area (Å²) in [6.07, 6.45) is 14.0. The second-order valence-corrected chi connectivity index (χ2v) is 4.40. The molecule has 0 amide bonds. The van der Waals surface area contributed by atoms with Gasteiger partial charge in [-0.2, -0.15) is 0 Å². The predicted octanol–water partition coefficient (Wildman–Crippen LogP) is 3.46. The third-order valence-electron chi connectivity index (χ3n) is 1.65. The van der Waals surface area contributed by atoms with E-state index in [4.69, 9.17) is 0 Å². The van der Waals surface area contributed by atoms with Gasteiger partial charge in [0, 0.05) is 4.83 Å². The van der Waals surface area contributed by atoms with E-state index in [1.807, 2.05) is 0 Å². The van der Waals surface area contributed by atoms with Gasteiger partial charge in [0.2, 0.25) is 0 Å². The van der Waals surface area contributed by atoms with Gasteiger partial charge in [0.25, 0.3) is 0 Å². The van der Waals surface area contributed by atoms with Gasteiger partial charge in [0.1, 0.15) is 0 Å². The smallest absolute Gasteiger partial charge is 0.0126 e. The molecule has 1 unspecified atom stereocenters. The second kappa shape index (κ2) is 4.55. The molecule has 60 valence electrons. The number of allylic oxidation sites excluding steroid dienone is 6. The number of halogens is 1. The van der Waals surface area contributed by atoms with Gasteiger partial charge in [-0.25, -0.2) is 0 Å². The van der Waals surface area contributed by atoms with E-state index in [0.29, 0.717) is 10.7 Å². The molecule has 0 nitrogen and oxygen atoms in total. The summed E-state index contributed by atoms with van der Waals surface area (Å²) in [5, 5.41) is 0. The van der Waals surface area contributed by atoms with Crippen LogP contribution in [0.15, 0.2) is 36.5 Å². The van der Waals surface area contributed by atoms with Crippen molar-refractivity contribution in [1.82, 2.24) is 0 Å². The van der Waals surface area contributed by atoms with Crippen LogP contribution in [-0.4, -0.2) is 4.83 Å². The second-order valence-electron chi connectivity index (χ2n) is 2.84. The molecule has 0 radical (unpaired) electrons. The zero-order valence-electron chi connectivity index (χ0n) is 6.70. The minimum absolute atomic E-state index is 0.597. The van der Waals surface area contributed by atoms with Crippen LogP contribution in [0.4, 0.5) is 0 Å². The van der Waals surface area contributed by atoms with E-state index in [1.165, 1.54) is 6.42 Å². The lowest BCUT2D eigenvalue weighted by molar-refractivity contribution is 0.711. The summed E-state index contributed by atoms with van der Waals surface area (Å²) in [7, 11) is 0. The van der Waals surface area contributed by atoms with Crippen molar-refractivity contribution in [2.24, 2.45) is 5.92 Å². The van der Waals surface area contributed by atoms with Gasteiger partial charge in [-0.3, -0.25) is 0 Å². The maximum Gasteiger partial charge on any atom is 0.0126 e. The maximum absolute atomic E-state index is 3.55. The summed E-state index contributed by atoms with van der Waals surface area (Å²) in [4.78, 5) is 0.597. The zero-order chi connectivity index (χ0) is 8.10. The average molecular weight is 213 g/mol. The number of rotatable bonds is 2. The summed E-state index contributed by atoms with van der Waals surface area (Å²) >= 11 is 3.55. The molecule has 0 aromatic rings. The first-order chi connectivity index (χ1) is 5.29. The van der Waals surface area contributed by atoms with Crippen LogP contribution in [0, 0.1) is 5.92 Å². The van der Waals surface area contributed by atoms with E-state index >= 15 is 0 Å². The molecule has 1 aliphatic carbocycles. The SMILES string of the molecule is CC(Br)CC1C=CC=CC=C1. The molecule has 0 bridgehead atoms. The van der Waals surface area contributed by atoms with Crippen LogP contribution in [0.1, 0.15) is 13.3 Å². The topological polar surface area (TPSA) is 0 Å². The zero-order valence-corrected chi connectivity index (χ0v) is 8.29. The summed E-state index contributed by atoms with van der Waals surface area (Å²) in [5.74, 6) is 0.597. The van der Waals surface area contributed by atoms with Crippen molar-refractivity contribution in [2.45, 2.75) is 18.2 Å². The molecular weight excluding hydrogens is 200 g/mol. The molecule has 1 rings (SSSR count). The molecule has 0 aliphatic heterocycles. The van der Waals surface area contributed by atoms with E-state index < -0.39 is 0 Å². The minimum Gasteiger partial charge on any atom is -0.0893 e. The Bertz CT molecular complexity index is 171. The minimum atomic E-state index is 0.597. The fraction of sp³-hybridized carbons (Fsp3) is 0.400. The lowest BCUT2D eigenvalue weighted by atomic mass is 10.0. The molecule has 11 heavy (non-hydrogen) atoms. The molecule has 0 aromatic heterocycles. The highest BCUT2D eigenvalue weighted by molar-refractivity contribution is 9.09. The first-order valence-corrected chi connectivity index (χ1v) is 4.86. The van der Waals surface area contributed by atoms with Gasteiger partial charge < -0.3 is 0 Å². The molecular formula is C10H13Br. The molecule has 0 aromatic carbocycles. The Balaban J connectivity index is 2.46. The highest BCUT2D eigenvalue weighted by Gasteiger charge is 2.04. The largest absolute Gasteiger partial charge is 0.0893 e. The van der Waals surface area contributed by atoms with E-state index in [1.54, 1.807) is 0 Å². The predicted molar refractivity (Wildman–Crippen MR) is 53.9 cm³/mol. The third-order valence-corrected chi connectivity index (χ3v) is 2.02. The van der Waals surface area contributed by atoms with Crippen molar-refractivity contribution in [3.8, 4) is 0 Å². The Morgan fingerprint density at radius 2 is 1.73 bits per heavy atom. The summed E-state index contributed by atoms with van der Waals surface area (Å²) in [5.41, 5.74) is 0. The van der Waals surface area contributed by atoms with E-state index in [0.717, 1.165) is 0 Å². The van der Waals surface area contributed by atoms with Crippen LogP contribution in [0.2, 0.25) is 0 Å². The average Bonchev–Trinajstić information content (AvgIpc) is 2.14. The summed E-state index contributed by atoms with van der Waals surface area (Å²) in [6, 6.07) is 0. The van der Waals surface area contributed by atoms with Crippen LogP contribution >= 0.6 is 15.9 Å². The Hall–Kier alpha value is -0.300. The lowest BCUT2D eigenvalue weighted by Crippen LogP contribution is -1.99. The van der Waals surface area contributed by atoms with Gasteiger partial charge in [0.15, 0.2) is 0 Å². The highest BCUT2D eigenvalue weighted by atomic mass is 79.9. The van der Waals surface area contributed by atoms with E-state index in [2.05, 4.69) is 59.3 Å². The Kier molecular flexibility index (Phi) is 3.64. The van der Waals surface area contributed by atoms with Gasteiger partial charge in [0.05, 0.1) is 0 Å². The summed E-state index contributed by atoms with van der Waals surface area (Å²) in [6.45, 7) is 2.18. The third kappa shape index (κ3) is 3.57. The Morgan fingerprint density at radius 1 is 1.18 bits per heavy atom. The normalized spacial score (nSPS) is 20.2. The molecule has 1 heteroatoms. The first-order valence-electron chi connectivity index (χ1n) is 3.95. The molecule has 1 atom stereocenters. The van der Waals surface area contributed by atoms with Gasteiger partial charge in [-0.05, 0) is 12.3 Å². The standard InChI is InChI=1S/C10H13Br/c1-9(11)8-10-6-4-2-3-5-7-10/h2-7,9-10H,8H2,1H3. The van der Waals surface area contributed by atoms with E-state index in [9.17, 15) is 0 Å². The number of alkyl halides is 1. The molecule has 0 heterocycles. The van der Waals surface area contributed by atoms with Gasteiger partial charge in [-0.1, -0.05) is 59.3 Å². The van der Waals surface area contributed by atoms with Crippen LogP contribution in [0.3, 0.4) is 0 Å². The first kappa shape index (κ1) is 8.79. The monoisotopic (exact) mass is 212 g/mol. The van der Waals surface area contributed by atoms with Crippen molar-refractivity contribution < 1.29 is 0 Å². The fourth-order valence-corrected chi connectivity index (χ4v) is 1.57. The van der Waals surface area contributed by atoms with Crippen molar-refractivity contribution in [3.63, 3.8) is 0 Å². The van der Waals surface area contributed by atoms with Gasteiger partial charge in [-0.15, -0.1) is 0 Å². The molecule has 0 saturated carbocycles. The molecule has 0 saturated heterocycles. The van der Waals surface area contributed by atoms with Crippen molar-refractivity contribution in [3.05, 3.63) is 36.5 Å². The number of hydrogen-bond donors (Lipinski definition) is 0. The van der Waals surface area contributed by atoms with Crippen LogP contribution < -0.4 is 0 Å². The van der Waals surface area contributed by atoms with Gasteiger partial charge >= 0.3 is 0 Å². The van der Waals surface area contributed by atoms with Crippen LogP contribution in [0.5, 0.6) is 0 Å². The molecule has 0 fully saturated rings. The quantitative estimate of drug-likeness (QED) is 0.616. The van der Waals surface area contributed by atoms with Crippen molar-refractivity contribution >= 4 is 15.9 Å². The highest BCUT2D eigenvalue weighted by Crippen LogP contribution is 2.16. The van der Waals surface area contributed by atoms with Crippen LogP contribution in [0.25, 0.3) is 0 Å². The number of hydrogen-bond acceptors (Lipinski definition) is 0. The van der Waals surface area contributed by atoms with Crippen molar-refractivity contribution in [1.29, 1.82) is 0 Å². The Morgan fingerprint density at radius 3 is 2.18 bits per heavy atom. The van der Waals surface area contributed by atoms with Crippen LogP contribution in [-0.2, 0) is 0 Å².